The van der Waals surface area contributed by atoms with Crippen LogP contribution >= 0.6 is 22.7 Å². The first-order chi connectivity index (χ1) is 10.2. The third-order valence-electron chi connectivity index (χ3n) is 3.02. The van der Waals surface area contributed by atoms with Gasteiger partial charge in [-0.05, 0) is 25.3 Å². The lowest BCUT2D eigenvalue weighted by Gasteiger charge is -1.99. The van der Waals surface area contributed by atoms with E-state index < -0.39 is 0 Å². The van der Waals surface area contributed by atoms with Gasteiger partial charge in [-0.15, -0.1) is 22.7 Å². The number of thiophene rings is 1. The van der Waals surface area contributed by atoms with Crippen LogP contribution in [0, 0.1) is 13.8 Å². The molecule has 2 aromatic heterocycles. The first-order valence-electron chi connectivity index (χ1n) is 6.59. The fourth-order valence-corrected chi connectivity index (χ4v) is 3.31. The Balaban J connectivity index is 1.76. The summed E-state index contributed by atoms with van der Waals surface area (Å²) in [4.78, 5) is 6.93. The molecule has 0 aliphatic heterocycles. The molecule has 0 spiro atoms. The van der Waals surface area contributed by atoms with Crippen molar-refractivity contribution in [1.82, 2.24) is 4.98 Å². The van der Waals surface area contributed by atoms with Crippen LogP contribution in [0.5, 0.6) is 0 Å². The second-order valence-corrected chi connectivity index (χ2v) is 6.86. The summed E-state index contributed by atoms with van der Waals surface area (Å²) in [5.74, 6) is 0. The van der Waals surface area contributed by atoms with Gasteiger partial charge in [0.2, 0.25) is 5.13 Å². The van der Waals surface area contributed by atoms with Gasteiger partial charge >= 0.3 is 0 Å². The molecule has 0 amide bonds. The van der Waals surface area contributed by atoms with Crippen molar-refractivity contribution >= 4 is 34.0 Å². The summed E-state index contributed by atoms with van der Waals surface area (Å²) in [6.45, 7) is 4.17. The molecule has 2 heterocycles. The van der Waals surface area contributed by atoms with Crippen LogP contribution in [-0.4, -0.2) is 11.2 Å². The monoisotopic (exact) mass is 313 g/mol. The summed E-state index contributed by atoms with van der Waals surface area (Å²) in [6.07, 6.45) is 1.81. The summed E-state index contributed by atoms with van der Waals surface area (Å²) in [5, 5.41) is 7.08. The molecular formula is C16H15N3S2. The molecule has 0 aliphatic carbocycles. The van der Waals surface area contributed by atoms with Gasteiger partial charge in [0.25, 0.3) is 0 Å². The molecular weight excluding hydrogens is 298 g/mol. The average Bonchev–Trinajstić information content (AvgIpc) is 3.10. The van der Waals surface area contributed by atoms with Crippen LogP contribution < -0.4 is 5.43 Å². The third kappa shape index (κ3) is 3.37. The molecule has 0 radical (unpaired) electrons. The standard InChI is InChI=1S/C16H15N3S2/c1-11-5-7-13(8-6-11)15-12(2)21-16(18-15)19-17-10-14-4-3-9-20-14/h3-10H,1-2H3,(H,18,19). The number of aromatic nitrogens is 1. The highest BCUT2D eigenvalue weighted by molar-refractivity contribution is 7.16. The van der Waals surface area contributed by atoms with Crippen LogP contribution in [-0.2, 0) is 0 Å². The van der Waals surface area contributed by atoms with E-state index in [1.165, 1.54) is 10.4 Å². The van der Waals surface area contributed by atoms with Crippen LogP contribution in [0.15, 0.2) is 46.9 Å². The number of nitrogens with one attached hydrogen (secondary N) is 1. The number of rotatable bonds is 4. The van der Waals surface area contributed by atoms with Crippen LogP contribution in [0.2, 0.25) is 0 Å². The van der Waals surface area contributed by atoms with E-state index in [1.807, 2.05) is 23.7 Å². The second kappa shape index (κ2) is 6.20. The van der Waals surface area contributed by atoms with Gasteiger partial charge in [0.1, 0.15) is 0 Å². The molecule has 1 N–H and O–H groups in total. The molecule has 0 saturated heterocycles. The van der Waals surface area contributed by atoms with Crippen molar-refractivity contribution in [1.29, 1.82) is 0 Å². The van der Waals surface area contributed by atoms with Crippen molar-refractivity contribution < 1.29 is 0 Å². The topological polar surface area (TPSA) is 37.3 Å². The number of aryl methyl sites for hydroxylation is 2. The second-order valence-electron chi connectivity index (χ2n) is 4.68. The van der Waals surface area contributed by atoms with Gasteiger partial charge < -0.3 is 0 Å². The molecule has 0 unspecified atom stereocenters. The largest absolute Gasteiger partial charge is 0.253 e. The maximum absolute atomic E-state index is 4.63. The van der Waals surface area contributed by atoms with Gasteiger partial charge in [-0.1, -0.05) is 35.9 Å². The molecule has 3 aromatic rings. The highest BCUT2D eigenvalue weighted by Gasteiger charge is 2.09. The summed E-state index contributed by atoms with van der Waals surface area (Å²) >= 11 is 3.28. The summed E-state index contributed by atoms with van der Waals surface area (Å²) in [6, 6.07) is 12.5. The predicted molar refractivity (Wildman–Crippen MR) is 92.6 cm³/mol. The molecule has 0 bridgehead atoms. The van der Waals surface area contributed by atoms with Gasteiger partial charge in [-0.2, -0.15) is 5.10 Å². The number of anilines is 1. The molecule has 0 aliphatic rings. The van der Waals surface area contributed by atoms with Crippen LogP contribution in [0.25, 0.3) is 11.3 Å². The zero-order valence-electron chi connectivity index (χ0n) is 11.8. The van der Waals surface area contributed by atoms with Crippen molar-refractivity contribution in [3.63, 3.8) is 0 Å². The zero-order valence-corrected chi connectivity index (χ0v) is 13.5. The van der Waals surface area contributed by atoms with Crippen molar-refractivity contribution in [2.24, 2.45) is 5.10 Å². The Labute approximate surface area is 132 Å². The van der Waals surface area contributed by atoms with E-state index in [1.54, 1.807) is 22.7 Å². The van der Waals surface area contributed by atoms with E-state index >= 15 is 0 Å². The van der Waals surface area contributed by atoms with Gasteiger partial charge in [0.05, 0.1) is 11.9 Å². The Morgan fingerprint density at radius 2 is 1.95 bits per heavy atom. The zero-order chi connectivity index (χ0) is 14.7. The number of hydrazone groups is 1. The SMILES string of the molecule is Cc1ccc(-c2nc(NN=Cc3cccs3)sc2C)cc1. The lowest BCUT2D eigenvalue weighted by Crippen LogP contribution is -1.88. The fourth-order valence-electron chi connectivity index (χ4n) is 1.94. The van der Waals surface area contributed by atoms with Crippen LogP contribution in [0.4, 0.5) is 5.13 Å². The van der Waals surface area contributed by atoms with Gasteiger partial charge in [0, 0.05) is 15.3 Å². The molecule has 3 rings (SSSR count). The minimum absolute atomic E-state index is 0.816. The maximum Gasteiger partial charge on any atom is 0.204 e. The first-order valence-corrected chi connectivity index (χ1v) is 8.29. The van der Waals surface area contributed by atoms with E-state index in [4.69, 9.17) is 0 Å². The number of benzene rings is 1. The minimum atomic E-state index is 0.816. The maximum atomic E-state index is 4.63. The van der Waals surface area contributed by atoms with Crippen molar-refractivity contribution in [3.05, 3.63) is 57.1 Å². The predicted octanol–water partition coefficient (Wildman–Crippen LogP) is 4.93. The van der Waals surface area contributed by atoms with E-state index in [9.17, 15) is 0 Å². The van der Waals surface area contributed by atoms with Crippen molar-refractivity contribution in [2.75, 3.05) is 5.43 Å². The number of thiazole rings is 1. The lowest BCUT2D eigenvalue weighted by atomic mass is 10.1. The third-order valence-corrected chi connectivity index (χ3v) is 4.70. The van der Waals surface area contributed by atoms with Crippen molar-refractivity contribution in [2.45, 2.75) is 13.8 Å². The minimum Gasteiger partial charge on any atom is -0.253 e. The Kier molecular flexibility index (Phi) is 4.13. The first kappa shape index (κ1) is 14.0. The van der Waals surface area contributed by atoms with Gasteiger partial charge in [-0.3, -0.25) is 5.43 Å². The normalized spacial score (nSPS) is 11.1. The van der Waals surface area contributed by atoms with E-state index in [2.05, 4.69) is 53.6 Å². The number of hydrogen-bond acceptors (Lipinski definition) is 5. The molecule has 21 heavy (non-hydrogen) atoms. The summed E-state index contributed by atoms with van der Waals surface area (Å²) < 4.78 is 0. The summed E-state index contributed by atoms with van der Waals surface area (Å²) in [5.41, 5.74) is 6.43. The van der Waals surface area contributed by atoms with Crippen molar-refractivity contribution in [3.8, 4) is 11.3 Å². The van der Waals surface area contributed by atoms with Gasteiger partial charge in [0.15, 0.2) is 0 Å². The van der Waals surface area contributed by atoms with Crippen LogP contribution in [0.1, 0.15) is 15.3 Å². The Bertz CT molecular complexity index is 740. The molecule has 0 atom stereocenters. The molecule has 1 aromatic carbocycles. The molecule has 3 nitrogen and oxygen atoms in total. The highest BCUT2D eigenvalue weighted by atomic mass is 32.1. The quantitative estimate of drug-likeness (QED) is 0.547. The highest BCUT2D eigenvalue weighted by Crippen LogP contribution is 2.30. The lowest BCUT2D eigenvalue weighted by molar-refractivity contribution is 1.28. The number of hydrogen-bond donors (Lipinski definition) is 1. The fraction of sp³-hybridized carbons (Fsp3) is 0.125. The Hall–Kier alpha value is -1.98. The molecule has 0 fully saturated rings. The van der Waals surface area contributed by atoms with E-state index in [0.717, 1.165) is 21.3 Å². The molecule has 5 heteroatoms. The Morgan fingerprint density at radius 3 is 2.67 bits per heavy atom. The Morgan fingerprint density at radius 1 is 1.14 bits per heavy atom. The van der Waals surface area contributed by atoms with E-state index in [0.29, 0.717) is 0 Å². The number of nitrogens with zero attached hydrogens (tertiary/aromatic N) is 2. The van der Waals surface area contributed by atoms with E-state index in [-0.39, 0.29) is 0 Å². The molecule has 0 saturated carbocycles. The van der Waals surface area contributed by atoms with Crippen LogP contribution in [0.3, 0.4) is 0 Å². The smallest absolute Gasteiger partial charge is 0.204 e. The van der Waals surface area contributed by atoms with Gasteiger partial charge in [-0.25, -0.2) is 4.98 Å². The summed E-state index contributed by atoms with van der Waals surface area (Å²) in [7, 11) is 0. The average molecular weight is 313 g/mol. The molecule has 106 valence electrons.